The quantitative estimate of drug-likeness (QED) is 0.450. The average Bonchev–Trinajstić information content (AvgIpc) is 2.49. The van der Waals surface area contributed by atoms with Gasteiger partial charge >= 0.3 is 0 Å². The van der Waals surface area contributed by atoms with E-state index in [0.717, 1.165) is 34.9 Å². The summed E-state index contributed by atoms with van der Waals surface area (Å²) < 4.78 is 0. The molecule has 1 fully saturated rings. The highest BCUT2D eigenvalue weighted by Crippen LogP contribution is 2.36. The topological polar surface area (TPSA) is 12.4 Å². The lowest BCUT2D eigenvalue weighted by atomic mass is 9.76. The summed E-state index contributed by atoms with van der Waals surface area (Å²) in [4.78, 5) is 4.79. The maximum Gasteiger partial charge on any atom is 0.0738 e. The van der Waals surface area contributed by atoms with Crippen LogP contribution in [0.15, 0.2) is 29.3 Å². The number of rotatable bonds is 4. The average molecular weight is 324 g/mol. The van der Waals surface area contributed by atoms with E-state index in [9.17, 15) is 0 Å². The lowest BCUT2D eigenvalue weighted by Crippen LogP contribution is -2.19. The molecular weight excluding hydrogens is 298 g/mol. The van der Waals surface area contributed by atoms with Crippen LogP contribution in [0.1, 0.15) is 46.0 Å². The number of hydrogen-bond acceptors (Lipinski definition) is 2. The Morgan fingerprint density at radius 2 is 1.81 bits per heavy atom. The second kappa shape index (κ2) is 8.24. The zero-order chi connectivity index (χ0) is 15.2. The third-order valence-corrected chi connectivity index (χ3v) is 5.59. The van der Waals surface area contributed by atoms with Crippen molar-refractivity contribution in [1.82, 2.24) is 0 Å². The van der Waals surface area contributed by atoms with Crippen LogP contribution in [-0.4, -0.2) is 11.3 Å². The van der Waals surface area contributed by atoms with Crippen LogP contribution in [0.5, 0.6) is 0 Å². The Hall–Kier alpha value is -0.470. The van der Waals surface area contributed by atoms with E-state index in [2.05, 4.69) is 20.1 Å². The summed E-state index contributed by atoms with van der Waals surface area (Å²) in [5, 5.41) is 2.02. The molecule has 0 aromatic heterocycles. The van der Waals surface area contributed by atoms with Crippen LogP contribution in [-0.2, 0) is 0 Å². The van der Waals surface area contributed by atoms with E-state index in [-0.39, 0.29) is 0 Å². The number of halogens is 1. The summed E-state index contributed by atoms with van der Waals surface area (Å²) in [6.45, 7) is 4.72. The zero-order valence-electron chi connectivity index (χ0n) is 13.3. The Bertz CT molecular complexity index is 459. The second-order valence-corrected chi connectivity index (χ2v) is 7.73. The molecule has 0 atom stereocenters. The van der Waals surface area contributed by atoms with Gasteiger partial charge in [-0.05, 0) is 80.4 Å². The fourth-order valence-electron chi connectivity index (χ4n) is 3.14. The summed E-state index contributed by atoms with van der Waals surface area (Å²) in [5.74, 6) is 2.60. The molecule has 0 aliphatic heterocycles. The minimum absolute atomic E-state index is 0.770. The van der Waals surface area contributed by atoms with E-state index in [4.69, 9.17) is 16.6 Å². The molecule has 1 aliphatic rings. The van der Waals surface area contributed by atoms with Crippen molar-refractivity contribution in [2.24, 2.45) is 22.7 Å². The van der Waals surface area contributed by atoms with Gasteiger partial charge < -0.3 is 0 Å². The van der Waals surface area contributed by atoms with Crippen molar-refractivity contribution in [2.45, 2.75) is 46.0 Å². The van der Waals surface area contributed by atoms with Gasteiger partial charge in [-0.15, -0.1) is 11.8 Å². The van der Waals surface area contributed by atoms with Gasteiger partial charge in [0.1, 0.15) is 0 Å². The van der Waals surface area contributed by atoms with Crippen molar-refractivity contribution in [1.29, 1.82) is 0 Å². The van der Waals surface area contributed by atoms with Crippen molar-refractivity contribution in [3.05, 3.63) is 29.3 Å². The van der Waals surface area contributed by atoms with Gasteiger partial charge in [-0.3, -0.25) is 0 Å². The van der Waals surface area contributed by atoms with Crippen LogP contribution in [0.3, 0.4) is 0 Å². The van der Waals surface area contributed by atoms with E-state index in [1.165, 1.54) is 30.7 Å². The largest absolute Gasteiger partial charge is 0.247 e. The molecule has 0 unspecified atom stereocenters. The van der Waals surface area contributed by atoms with Crippen molar-refractivity contribution < 1.29 is 0 Å². The van der Waals surface area contributed by atoms with E-state index in [1.54, 1.807) is 11.8 Å². The van der Waals surface area contributed by atoms with E-state index in [1.807, 2.05) is 24.3 Å². The van der Waals surface area contributed by atoms with E-state index < -0.39 is 0 Å². The molecule has 0 amide bonds. The second-order valence-electron chi connectivity index (χ2n) is 6.42. The lowest BCUT2D eigenvalue weighted by Gasteiger charge is -2.30. The number of thioether (sulfide) groups is 1. The van der Waals surface area contributed by atoms with E-state index in [0.29, 0.717) is 0 Å². The number of aliphatic imine (C=N–C) groups is 1. The van der Waals surface area contributed by atoms with E-state index >= 15 is 0 Å². The van der Waals surface area contributed by atoms with Gasteiger partial charge in [0.2, 0.25) is 0 Å². The Morgan fingerprint density at radius 3 is 2.33 bits per heavy atom. The van der Waals surface area contributed by atoms with Gasteiger partial charge in [0.15, 0.2) is 0 Å². The Labute approximate surface area is 138 Å². The SMILES string of the molecule is CSC(CC1CCC(C(C)C)CC1)=Nc1ccc(Cl)cc1. The van der Waals surface area contributed by atoms with Crippen LogP contribution < -0.4 is 0 Å². The monoisotopic (exact) mass is 323 g/mol. The van der Waals surface area contributed by atoms with Gasteiger partial charge in [0.25, 0.3) is 0 Å². The number of hydrogen-bond donors (Lipinski definition) is 0. The zero-order valence-corrected chi connectivity index (χ0v) is 14.9. The molecule has 1 nitrogen and oxygen atoms in total. The van der Waals surface area contributed by atoms with Crippen molar-refractivity contribution in [3.63, 3.8) is 0 Å². The molecule has 0 N–H and O–H groups in total. The van der Waals surface area contributed by atoms with Crippen LogP contribution in [0.4, 0.5) is 5.69 Å². The summed E-state index contributed by atoms with van der Waals surface area (Å²) in [6, 6.07) is 7.81. The van der Waals surface area contributed by atoms with Gasteiger partial charge in [-0.1, -0.05) is 25.4 Å². The van der Waals surface area contributed by atoms with Crippen molar-refractivity contribution in [2.75, 3.05) is 6.26 Å². The standard InChI is InChI=1S/C18H26ClNS/c1-13(2)15-6-4-14(5-7-15)12-18(21-3)20-17-10-8-16(19)9-11-17/h8-11,13-15H,4-7,12H2,1-3H3. The molecule has 0 heterocycles. The first kappa shape index (κ1) is 16.9. The summed E-state index contributed by atoms with van der Waals surface area (Å²) >= 11 is 7.71. The molecular formula is C18H26ClNS. The fourth-order valence-corrected chi connectivity index (χ4v) is 3.87. The molecule has 1 aromatic rings. The maximum atomic E-state index is 5.92. The minimum Gasteiger partial charge on any atom is -0.247 e. The molecule has 0 radical (unpaired) electrons. The highest BCUT2D eigenvalue weighted by Gasteiger charge is 2.24. The Kier molecular flexibility index (Phi) is 6.63. The van der Waals surface area contributed by atoms with Crippen molar-refractivity contribution >= 4 is 34.1 Å². The highest BCUT2D eigenvalue weighted by molar-refractivity contribution is 8.13. The lowest BCUT2D eigenvalue weighted by molar-refractivity contribution is 0.228. The van der Waals surface area contributed by atoms with Gasteiger partial charge in [-0.2, -0.15) is 0 Å². The normalized spacial score (nSPS) is 23.6. The molecule has 2 rings (SSSR count). The van der Waals surface area contributed by atoms with Gasteiger partial charge in [0.05, 0.1) is 10.7 Å². The highest BCUT2D eigenvalue weighted by atomic mass is 35.5. The Morgan fingerprint density at radius 1 is 1.19 bits per heavy atom. The third kappa shape index (κ3) is 5.34. The molecule has 21 heavy (non-hydrogen) atoms. The molecule has 1 aromatic carbocycles. The van der Waals surface area contributed by atoms with Crippen molar-refractivity contribution in [3.8, 4) is 0 Å². The molecule has 1 aliphatic carbocycles. The molecule has 116 valence electrons. The molecule has 0 spiro atoms. The first-order valence-electron chi connectivity index (χ1n) is 7.95. The maximum absolute atomic E-state index is 5.92. The van der Waals surface area contributed by atoms with Gasteiger partial charge in [0, 0.05) is 5.02 Å². The molecule has 1 saturated carbocycles. The fraction of sp³-hybridized carbons (Fsp3) is 0.611. The van der Waals surface area contributed by atoms with Crippen LogP contribution in [0.25, 0.3) is 0 Å². The summed E-state index contributed by atoms with van der Waals surface area (Å²) in [6.07, 6.45) is 8.78. The minimum atomic E-state index is 0.770. The molecule has 3 heteroatoms. The summed E-state index contributed by atoms with van der Waals surface area (Å²) in [7, 11) is 0. The summed E-state index contributed by atoms with van der Waals surface area (Å²) in [5.41, 5.74) is 1.01. The predicted octanol–water partition coefficient (Wildman–Crippen LogP) is 6.59. The first-order valence-corrected chi connectivity index (χ1v) is 9.56. The van der Waals surface area contributed by atoms with Crippen LogP contribution >= 0.6 is 23.4 Å². The smallest absolute Gasteiger partial charge is 0.0738 e. The molecule has 0 bridgehead atoms. The predicted molar refractivity (Wildman–Crippen MR) is 97.0 cm³/mol. The number of benzene rings is 1. The third-order valence-electron chi connectivity index (χ3n) is 4.61. The molecule has 0 saturated heterocycles. The van der Waals surface area contributed by atoms with Crippen LogP contribution in [0.2, 0.25) is 5.02 Å². The van der Waals surface area contributed by atoms with Crippen LogP contribution in [0, 0.1) is 17.8 Å². The van der Waals surface area contributed by atoms with Gasteiger partial charge in [-0.25, -0.2) is 4.99 Å². The number of nitrogens with zero attached hydrogens (tertiary/aromatic N) is 1. The first-order chi connectivity index (χ1) is 10.1. The Balaban J connectivity index is 1.92.